The van der Waals surface area contributed by atoms with Crippen LogP contribution in [0.4, 0.5) is 25.4 Å². The summed E-state index contributed by atoms with van der Waals surface area (Å²) in [6, 6.07) is 3.29. The molecular weight excluding hydrogens is 372 g/mol. The van der Waals surface area contributed by atoms with Crippen LogP contribution in [-0.4, -0.2) is 39.2 Å². The normalized spacial score (nSPS) is 10.6. The van der Waals surface area contributed by atoms with Crippen molar-refractivity contribution in [3.8, 4) is 11.4 Å². The summed E-state index contributed by atoms with van der Waals surface area (Å²) in [5.41, 5.74) is 1.37. The molecule has 0 aliphatic heterocycles. The number of nitrogens with one attached hydrogen (secondary N) is 3. The van der Waals surface area contributed by atoms with Crippen molar-refractivity contribution < 1.29 is 18.1 Å². The van der Waals surface area contributed by atoms with Crippen molar-refractivity contribution in [2.45, 2.75) is 13.8 Å². The van der Waals surface area contributed by atoms with Gasteiger partial charge in [-0.1, -0.05) is 11.2 Å². The Morgan fingerprint density at radius 1 is 1.18 bits per heavy atom. The number of aryl methyl sites for hydroxylation is 1. The van der Waals surface area contributed by atoms with E-state index in [1.165, 1.54) is 18.5 Å². The van der Waals surface area contributed by atoms with Gasteiger partial charge in [-0.05, 0) is 26.0 Å². The minimum atomic E-state index is -1.03. The van der Waals surface area contributed by atoms with Gasteiger partial charge in [0.05, 0.1) is 11.3 Å². The molecule has 9 nitrogen and oxygen atoms in total. The first-order valence-electron chi connectivity index (χ1n) is 8.30. The molecule has 1 aromatic carbocycles. The van der Waals surface area contributed by atoms with Gasteiger partial charge in [0.25, 0.3) is 0 Å². The first-order valence-corrected chi connectivity index (χ1v) is 8.30. The van der Waals surface area contributed by atoms with Crippen LogP contribution < -0.4 is 16.0 Å². The molecule has 146 valence electrons. The van der Waals surface area contributed by atoms with E-state index < -0.39 is 17.7 Å². The molecule has 0 aliphatic carbocycles. The van der Waals surface area contributed by atoms with Crippen molar-refractivity contribution in [1.82, 2.24) is 25.4 Å². The molecule has 0 atom stereocenters. The molecule has 11 heteroatoms. The van der Waals surface area contributed by atoms with E-state index in [1.54, 1.807) is 13.8 Å². The van der Waals surface area contributed by atoms with E-state index in [4.69, 9.17) is 4.52 Å². The van der Waals surface area contributed by atoms with Gasteiger partial charge in [-0.15, -0.1) is 0 Å². The number of hydrogen-bond donors (Lipinski definition) is 3. The number of rotatable bonds is 6. The van der Waals surface area contributed by atoms with E-state index in [0.29, 0.717) is 5.69 Å². The fourth-order valence-electron chi connectivity index (χ4n) is 2.22. The smallest absolute Gasteiger partial charge is 0.321 e. The Hall–Kier alpha value is -3.63. The first kappa shape index (κ1) is 19.1. The maximum absolute atomic E-state index is 13.9. The number of hydrogen-bond acceptors (Lipinski definition) is 7. The lowest BCUT2D eigenvalue weighted by atomic mass is 10.2. The lowest BCUT2D eigenvalue weighted by molar-refractivity contribution is 0.251. The molecule has 2 aromatic heterocycles. The van der Waals surface area contributed by atoms with Gasteiger partial charge in [0.15, 0.2) is 17.5 Å². The van der Waals surface area contributed by atoms with Crippen LogP contribution in [0.25, 0.3) is 11.4 Å². The molecule has 0 saturated heterocycles. The van der Waals surface area contributed by atoms with E-state index in [-0.39, 0.29) is 36.3 Å². The Morgan fingerprint density at radius 2 is 2.00 bits per heavy atom. The molecular formula is C17H17F2N7O2. The van der Waals surface area contributed by atoms with Crippen LogP contribution in [0.2, 0.25) is 0 Å². The predicted molar refractivity (Wildman–Crippen MR) is 96.7 cm³/mol. The summed E-state index contributed by atoms with van der Waals surface area (Å²) in [6.07, 6.45) is 1.18. The van der Waals surface area contributed by atoms with Crippen LogP contribution in [0.3, 0.4) is 0 Å². The third kappa shape index (κ3) is 4.37. The standard InChI is InChI=1S/C17H17F2N7O2/c1-9-10(2)26-28-15(9)25-17(27)21-7-6-20-16-23-8-22-14(24-16)11-4-3-5-12(18)13(11)19/h3-5,8H,6-7H2,1-2H3,(H2,21,25,27)(H,20,22,23,24). The SMILES string of the molecule is Cc1noc(NC(=O)NCCNc2ncnc(-c3cccc(F)c3F)n2)c1C. The average Bonchev–Trinajstić information content (AvgIpc) is 3.00. The van der Waals surface area contributed by atoms with Gasteiger partial charge < -0.3 is 15.2 Å². The molecule has 0 saturated carbocycles. The summed E-state index contributed by atoms with van der Waals surface area (Å²) < 4.78 is 32.2. The van der Waals surface area contributed by atoms with Crippen LogP contribution in [0, 0.1) is 25.5 Å². The van der Waals surface area contributed by atoms with Crippen molar-refractivity contribution in [2.24, 2.45) is 0 Å². The molecule has 3 aromatic rings. The maximum Gasteiger partial charge on any atom is 0.321 e. The highest BCUT2D eigenvalue weighted by Crippen LogP contribution is 2.21. The van der Waals surface area contributed by atoms with Gasteiger partial charge in [0, 0.05) is 18.7 Å². The van der Waals surface area contributed by atoms with Crippen molar-refractivity contribution in [1.29, 1.82) is 0 Å². The molecule has 0 fully saturated rings. The zero-order valence-corrected chi connectivity index (χ0v) is 15.1. The van der Waals surface area contributed by atoms with E-state index in [0.717, 1.165) is 11.6 Å². The largest absolute Gasteiger partial charge is 0.352 e. The second-order valence-corrected chi connectivity index (χ2v) is 5.76. The molecule has 2 heterocycles. The minimum absolute atomic E-state index is 0.00336. The highest BCUT2D eigenvalue weighted by molar-refractivity contribution is 5.88. The zero-order chi connectivity index (χ0) is 20.1. The highest BCUT2D eigenvalue weighted by Gasteiger charge is 2.13. The van der Waals surface area contributed by atoms with E-state index in [1.807, 2.05) is 0 Å². The number of carbonyl (C=O) groups is 1. The number of halogens is 2. The van der Waals surface area contributed by atoms with E-state index in [2.05, 4.69) is 36.1 Å². The topological polar surface area (TPSA) is 118 Å². The fourth-order valence-corrected chi connectivity index (χ4v) is 2.22. The van der Waals surface area contributed by atoms with Gasteiger partial charge in [0.2, 0.25) is 11.8 Å². The van der Waals surface area contributed by atoms with Gasteiger partial charge in [-0.2, -0.15) is 4.98 Å². The van der Waals surface area contributed by atoms with Crippen molar-refractivity contribution in [2.75, 3.05) is 23.7 Å². The summed E-state index contributed by atoms with van der Waals surface area (Å²) in [5.74, 6) is -1.58. The summed E-state index contributed by atoms with van der Waals surface area (Å²) in [7, 11) is 0. The fraction of sp³-hybridized carbons (Fsp3) is 0.235. The van der Waals surface area contributed by atoms with Gasteiger partial charge >= 0.3 is 6.03 Å². The van der Waals surface area contributed by atoms with Crippen LogP contribution in [-0.2, 0) is 0 Å². The Kier molecular flexibility index (Phi) is 5.72. The Morgan fingerprint density at radius 3 is 2.75 bits per heavy atom. The summed E-state index contributed by atoms with van der Waals surface area (Å²) in [5, 5.41) is 11.8. The number of benzene rings is 1. The second kappa shape index (κ2) is 8.37. The highest BCUT2D eigenvalue weighted by atomic mass is 19.2. The lowest BCUT2D eigenvalue weighted by Gasteiger charge is -2.08. The molecule has 0 unspecified atom stereocenters. The molecule has 3 N–H and O–H groups in total. The van der Waals surface area contributed by atoms with Crippen molar-refractivity contribution in [3.05, 3.63) is 47.4 Å². The molecule has 28 heavy (non-hydrogen) atoms. The first-order chi connectivity index (χ1) is 13.5. The van der Waals surface area contributed by atoms with Crippen LogP contribution in [0.15, 0.2) is 29.0 Å². The zero-order valence-electron chi connectivity index (χ0n) is 15.1. The number of urea groups is 1. The number of anilines is 2. The molecule has 3 rings (SSSR count). The Bertz CT molecular complexity index is 993. The predicted octanol–water partition coefficient (Wildman–Crippen LogP) is 2.66. The Labute approximate surface area is 158 Å². The van der Waals surface area contributed by atoms with Gasteiger partial charge in [-0.25, -0.2) is 23.5 Å². The Balaban J connectivity index is 1.52. The van der Waals surface area contributed by atoms with Crippen LogP contribution in [0.1, 0.15) is 11.3 Å². The van der Waals surface area contributed by atoms with Gasteiger partial charge in [-0.3, -0.25) is 5.32 Å². The van der Waals surface area contributed by atoms with Crippen LogP contribution in [0.5, 0.6) is 0 Å². The monoisotopic (exact) mass is 389 g/mol. The van der Waals surface area contributed by atoms with Gasteiger partial charge in [0.1, 0.15) is 6.33 Å². The lowest BCUT2D eigenvalue weighted by Crippen LogP contribution is -2.32. The quantitative estimate of drug-likeness (QED) is 0.555. The number of aromatic nitrogens is 4. The summed E-state index contributed by atoms with van der Waals surface area (Å²) >= 11 is 0. The molecule has 2 amide bonds. The maximum atomic E-state index is 13.9. The molecule has 0 aliphatic rings. The van der Waals surface area contributed by atoms with E-state index in [9.17, 15) is 13.6 Å². The molecule has 0 radical (unpaired) electrons. The number of amides is 2. The number of carbonyl (C=O) groups excluding carboxylic acids is 1. The third-order valence-electron chi connectivity index (χ3n) is 3.84. The average molecular weight is 389 g/mol. The van der Waals surface area contributed by atoms with Crippen molar-refractivity contribution >= 4 is 17.9 Å². The van der Waals surface area contributed by atoms with Crippen LogP contribution >= 0.6 is 0 Å². The number of nitrogens with zero attached hydrogens (tertiary/aromatic N) is 4. The van der Waals surface area contributed by atoms with Crippen molar-refractivity contribution in [3.63, 3.8) is 0 Å². The minimum Gasteiger partial charge on any atom is -0.352 e. The van der Waals surface area contributed by atoms with E-state index >= 15 is 0 Å². The molecule has 0 bridgehead atoms. The third-order valence-corrected chi connectivity index (χ3v) is 3.84. The molecule has 0 spiro atoms. The summed E-state index contributed by atoms with van der Waals surface area (Å²) in [4.78, 5) is 23.7. The summed E-state index contributed by atoms with van der Waals surface area (Å²) in [6.45, 7) is 4.08. The second-order valence-electron chi connectivity index (χ2n) is 5.76.